The Balaban J connectivity index is 2.13. The predicted molar refractivity (Wildman–Crippen MR) is 92.5 cm³/mol. The molecule has 0 spiro atoms. The second kappa shape index (κ2) is 6.77. The molecule has 0 saturated carbocycles. The fourth-order valence-electron chi connectivity index (χ4n) is 2.22. The Morgan fingerprint density at radius 3 is 2.00 bits per heavy atom. The zero-order valence-corrected chi connectivity index (χ0v) is 15.5. The van der Waals surface area contributed by atoms with Gasteiger partial charge in [0, 0.05) is 11.3 Å². The molecule has 0 aliphatic carbocycles. The summed E-state index contributed by atoms with van der Waals surface area (Å²) in [7, 11) is 0. The molecule has 0 atom stereocenters. The van der Waals surface area contributed by atoms with Crippen LogP contribution in [0.15, 0.2) is 30.3 Å². The van der Waals surface area contributed by atoms with Gasteiger partial charge in [-0.05, 0) is 47.7 Å². The SMILES string of the molecule is Cc1[nH]c(-c2nc(-c3ccc(C(F)(F)F)cc3)cc(C(F)(F)F)n2)nc1I. The van der Waals surface area contributed by atoms with Crippen molar-refractivity contribution in [3.05, 3.63) is 51.0 Å². The number of aromatic amines is 1. The molecule has 142 valence electrons. The van der Waals surface area contributed by atoms with Gasteiger partial charge in [0.15, 0.2) is 11.6 Å². The lowest BCUT2D eigenvalue weighted by Gasteiger charge is -2.11. The molecular formula is C16H9F6IN4. The minimum Gasteiger partial charge on any atom is -0.338 e. The van der Waals surface area contributed by atoms with Gasteiger partial charge in [0.2, 0.25) is 0 Å². The number of rotatable bonds is 2. The Hall–Kier alpha value is -2.18. The molecule has 2 heterocycles. The molecule has 0 fully saturated rings. The van der Waals surface area contributed by atoms with Crippen LogP contribution in [0, 0.1) is 10.6 Å². The van der Waals surface area contributed by atoms with Crippen LogP contribution < -0.4 is 0 Å². The summed E-state index contributed by atoms with van der Waals surface area (Å²) in [6.07, 6.45) is -9.30. The Labute approximate surface area is 162 Å². The number of nitrogens with zero attached hydrogens (tertiary/aromatic N) is 3. The highest BCUT2D eigenvalue weighted by atomic mass is 127. The summed E-state index contributed by atoms with van der Waals surface area (Å²) in [6, 6.07) is 4.38. The van der Waals surface area contributed by atoms with Gasteiger partial charge in [-0.1, -0.05) is 12.1 Å². The summed E-state index contributed by atoms with van der Waals surface area (Å²) >= 11 is 1.90. The van der Waals surface area contributed by atoms with Crippen LogP contribution in [-0.4, -0.2) is 19.9 Å². The van der Waals surface area contributed by atoms with Crippen molar-refractivity contribution < 1.29 is 26.3 Å². The standard InChI is InChI=1S/C16H9F6IN4/c1-7-12(23)27-13(24-7)14-25-10(6-11(26-14)16(20,21)22)8-2-4-9(5-3-8)15(17,18)19/h2-6H,1H3,(H,24,27). The fraction of sp³-hybridized carbons (Fsp3) is 0.188. The first-order chi connectivity index (χ1) is 12.4. The first kappa shape index (κ1) is 19.6. The number of hydrogen-bond acceptors (Lipinski definition) is 3. The Morgan fingerprint density at radius 1 is 0.889 bits per heavy atom. The molecule has 0 radical (unpaired) electrons. The fourth-order valence-corrected chi connectivity index (χ4v) is 2.60. The Morgan fingerprint density at radius 2 is 1.52 bits per heavy atom. The number of nitrogens with one attached hydrogen (secondary N) is 1. The zero-order valence-electron chi connectivity index (χ0n) is 13.4. The van der Waals surface area contributed by atoms with E-state index in [0.717, 1.165) is 24.3 Å². The highest BCUT2D eigenvalue weighted by Crippen LogP contribution is 2.34. The molecule has 0 aliphatic heterocycles. The van der Waals surface area contributed by atoms with E-state index in [1.165, 1.54) is 0 Å². The molecule has 0 unspecified atom stereocenters. The van der Waals surface area contributed by atoms with Crippen molar-refractivity contribution in [3.63, 3.8) is 0 Å². The topological polar surface area (TPSA) is 54.5 Å². The quantitative estimate of drug-likeness (QED) is 0.376. The van der Waals surface area contributed by atoms with Crippen LogP contribution in [0.5, 0.6) is 0 Å². The summed E-state index contributed by atoms with van der Waals surface area (Å²) in [6.45, 7) is 1.68. The van der Waals surface area contributed by atoms with E-state index in [9.17, 15) is 26.3 Å². The average molecular weight is 498 g/mol. The van der Waals surface area contributed by atoms with Crippen molar-refractivity contribution in [2.24, 2.45) is 0 Å². The third-order valence-corrected chi connectivity index (χ3v) is 4.61. The van der Waals surface area contributed by atoms with E-state index in [1.807, 2.05) is 22.6 Å². The van der Waals surface area contributed by atoms with Crippen LogP contribution in [0.4, 0.5) is 26.3 Å². The van der Waals surface area contributed by atoms with Crippen LogP contribution in [-0.2, 0) is 12.4 Å². The van der Waals surface area contributed by atoms with Crippen molar-refractivity contribution >= 4 is 22.6 Å². The Kier molecular flexibility index (Phi) is 4.91. The second-order valence-corrected chi connectivity index (χ2v) is 6.56. The summed E-state index contributed by atoms with van der Waals surface area (Å²) in [5, 5.41) is 0. The number of H-pyrrole nitrogens is 1. The number of benzene rings is 1. The molecule has 1 N–H and O–H groups in total. The number of aromatic nitrogens is 4. The molecule has 0 bridgehead atoms. The molecule has 27 heavy (non-hydrogen) atoms. The third kappa shape index (κ3) is 4.22. The van der Waals surface area contributed by atoms with Gasteiger partial charge in [-0.3, -0.25) is 0 Å². The minimum absolute atomic E-state index is 0.0381. The molecule has 0 saturated heterocycles. The molecular weight excluding hydrogens is 489 g/mol. The molecule has 3 rings (SSSR count). The first-order valence-corrected chi connectivity index (χ1v) is 8.39. The maximum absolute atomic E-state index is 13.2. The summed E-state index contributed by atoms with van der Waals surface area (Å²) in [4.78, 5) is 14.4. The average Bonchev–Trinajstić information content (AvgIpc) is 2.92. The van der Waals surface area contributed by atoms with Gasteiger partial charge in [0.05, 0.1) is 11.3 Å². The van der Waals surface area contributed by atoms with Crippen molar-refractivity contribution in [2.45, 2.75) is 19.3 Å². The molecule has 1 aromatic carbocycles. The van der Waals surface area contributed by atoms with E-state index in [-0.39, 0.29) is 22.9 Å². The predicted octanol–water partition coefficient (Wildman–Crippen LogP) is 5.48. The van der Waals surface area contributed by atoms with Crippen molar-refractivity contribution in [2.75, 3.05) is 0 Å². The van der Waals surface area contributed by atoms with Crippen LogP contribution in [0.2, 0.25) is 0 Å². The van der Waals surface area contributed by atoms with Crippen LogP contribution in [0.3, 0.4) is 0 Å². The van der Waals surface area contributed by atoms with Gasteiger partial charge in [-0.2, -0.15) is 26.3 Å². The van der Waals surface area contributed by atoms with Crippen LogP contribution in [0.1, 0.15) is 17.0 Å². The van der Waals surface area contributed by atoms with Gasteiger partial charge >= 0.3 is 12.4 Å². The van der Waals surface area contributed by atoms with E-state index in [2.05, 4.69) is 19.9 Å². The monoisotopic (exact) mass is 498 g/mol. The summed E-state index contributed by atoms with van der Waals surface area (Å²) in [5.41, 5.74) is -1.57. The lowest BCUT2D eigenvalue weighted by Crippen LogP contribution is -2.10. The first-order valence-electron chi connectivity index (χ1n) is 7.31. The molecule has 2 aromatic heterocycles. The Bertz CT molecular complexity index is 957. The van der Waals surface area contributed by atoms with Crippen LogP contribution in [0.25, 0.3) is 22.9 Å². The van der Waals surface area contributed by atoms with Crippen LogP contribution >= 0.6 is 22.6 Å². The van der Waals surface area contributed by atoms with Gasteiger partial charge in [-0.25, -0.2) is 15.0 Å². The molecule has 0 aliphatic rings. The number of aryl methyl sites for hydroxylation is 1. The van der Waals surface area contributed by atoms with Crippen molar-refractivity contribution in [1.82, 2.24) is 19.9 Å². The van der Waals surface area contributed by atoms with E-state index in [4.69, 9.17) is 0 Å². The number of hydrogen-bond donors (Lipinski definition) is 1. The van der Waals surface area contributed by atoms with E-state index in [0.29, 0.717) is 15.5 Å². The molecule has 11 heteroatoms. The lowest BCUT2D eigenvalue weighted by molar-refractivity contribution is -0.141. The maximum atomic E-state index is 13.2. The van der Waals surface area contributed by atoms with Gasteiger partial charge in [0.25, 0.3) is 0 Å². The minimum atomic E-state index is -4.76. The zero-order chi connectivity index (χ0) is 20.0. The molecule has 3 aromatic rings. The number of alkyl halides is 6. The van der Waals surface area contributed by atoms with E-state index < -0.39 is 23.6 Å². The van der Waals surface area contributed by atoms with Gasteiger partial charge in [-0.15, -0.1) is 0 Å². The highest BCUT2D eigenvalue weighted by molar-refractivity contribution is 14.1. The van der Waals surface area contributed by atoms with Crippen molar-refractivity contribution in [1.29, 1.82) is 0 Å². The summed E-state index contributed by atoms with van der Waals surface area (Å²) < 4.78 is 78.2. The van der Waals surface area contributed by atoms with Gasteiger partial charge < -0.3 is 4.98 Å². The van der Waals surface area contributed by atoms with Gasteiger partial charge in [0.1, 0.15) is 9.39 Å². The third-order valence-electron chi connectivity index (χ3n) is 3.56. The smallest absolute Gasteiger partial charge is 0.338 e. The normalized spacial score (nSPS) is 12.4. The summed E-state index contributed by atoms with van der Waals surface area (Å²) in [5.74, 6) is -0.262. The molecule has 4 nitrogen and oxygen atoms in total. The van der Waals surface area contributed by atoms with E-state index in [1.54, 1.807) is 6.92 Å². The maximum Gasteiger partial charge on any atom is 0.433 e. The highest BCUT2D eigenvalue weighted by Gasteiger charge is 2.34. The van der Waals surface area contributed by atoms with E-state index >= 15 is 0 Å². The largest absolute Gasteiger partial charge is 0.433 e. The number of halogens is 7. The molecule has 0 amide bonds. The number of imidazole rings is 1. The lowest BCUT2D eigenvalue weighted by atomic mass is 10.1. The second-order valence-electron chi connectivity index (χ2n) is 5.54. The van der Waals surface area contributed by atoms with Crippen molar-refractivity contribution in [3.8, 4) is 22.9 Å².